The van der Waals surface area contributed by atoms with Crippen LogP contribution in [0.15, 0.2) is 39.9 Å². The van der Waals surface area contributed by atoms with Gasteiger partial charge in [0.25, 0.3) is 10.0 Å². The molecule has 0 aliphatic carbocycles. The molecule has 1 saturated heterocycles. The summed E-state index contributed by atoms with van der Waals surface area (Å²) in [5, 5.41) is 4.67. The van der Waals surface area contributed by atoms with E-state index in [4.69, 9.17) is 16.3 Å². The number of nitrogens with one attached hydrogen (secondary N) is 1. The molecule has 0 spiro atoms. The summed E-state index contributed by atoms with van der Waals surface area (Å²) < 4.78 is 32.0. The molecule has 0 radical (unpaired) electrons. The van der Waals surface area contributed by atoms with Crippen molar-refractivity contribution in [1.29, 1.82) is 0 Å². The smallest absolute Gasteiger partial charge is 0.338 e. The Labute approximate surface area is 178 Å². The van der Waals surface area contributed by atoms with Gasteiger partial charge in [-0.15, -0.1) is 11.3 Å². The third kappa shape index (κ3) is 4.98. The first-order chi connectivity index (χ1) is 13.8. The maximum Gasteiger partial charge on any atom is 0.338 e. The molecule has 1 aliphatic rings. The summed E-state index contributed by atoms with van der Waals surface area (Å²) in [6.45, 7) is 2.46. The van der Waals surface area contributed by atoms with Crippen molar-refractivity contribution < 1.29 is 22.7 Å². The van der Waals surface area contributed by atoms with Crippen LogP contribution in [0.25, 0.3) is 0 Å². The van der Waals surface area contributed by atoms with Gasteiger partial charge in [-0.2, -0.15) is 4.31 Å². The van der Waals surface area contributed by atoms with Crippen LogP contribution in [-0.2, 0) is 19.6 Å². The van der Waals surface area contributed by atoms with Crippen LogP contribution < -0.4 is 5.32 Å². The molecule has 2 aromatic rings. The van der Waals surface area contributed by atoms with E-state index < -0.39 is 21.9 Å². The molecule has 156 valence electrons. The van der Waals surface area contributed by atoms with E-state index in [1.807, 2.05) is 0 Å². The standard InChI is InChI=1S/C19H21ClN2O5S2/c1-2-27-19(24)13-7-8-16(15(20)11-13)21-18(23)14-5-3-9-22(12-14)29(25,26)17-6-4-10-28-17/h4,6-8,10-11,14H,2-3,5,9,12H2,1H3,(H,21,23)/t14-/m0/s1. The zero-order valence-electron chi connectivity index (χ0n) is 15.8. The Morgan fingerprint density at radius 3 is 2.79 bits per heavy atom. The molecule has 1 aliphatic heterocycles. The second-order valence-electron chi connectivity index (χ2n) is 6.54. The number of thiophene rings is 1. The van der Waals surface area contributed by atoms with Crippen molar-refractivity contribution in [2.75, 3.05) is 25.0 Å². The average Bonchev–Trinajstić information content (AvgIpc) is 3.25. The number of carbonyl (C=O) groups is 2. The normalized spacial score (nSPS) is 17.7. The largest absolute Gasteiger partial charge is 0.462 e. The fourth-order valence-corrected chi connectivity index (χ4v) is 6.00. The number of amides is 1. The number of hydrogen-bond donors (Lipinski definition) is 1. The van der Waals surface area contributed by atoms with Gasteiger partial charge in [0.15, 0.2) is 0 Å². The minimum Gasteiger partial charge on any atom is -0.462 e. The van der Waals surface area contributed by atoms with E-state index in [1.54, 1.807) is 24.4 Å². The van der Waals surface area contributed by atoms with Crippen molar-refractivity contribution in [2.24, 2.45) is 5.92 Å². The van der Waals surface area contributed by atoms with Crippen LogP contribution in [0.3, 0.4) is 0 Å². The number of esters is 1. The Hall–Kier alpha value is -1.94. The Balaban J connectivity index is 1.68. The van der Waals surface area contributed by atoms with Crippen LogP contribution in [0.5, 0.6) is 0 Å². The number of nitrogens with zero attached hydrogens (tertiary/aromatic N) is 1. The molecular weight excluding hydrogens is 436 g/mol. The zero-order chi connectivity index (χ0) is 21.0. The lowest BCUT2D eigenvalue weighted by Gasteiger charge is -2.30. The highest BCUT2D eigenvalue weighted by atomic mass is 35.5. The summed E-state index contributed by atoms with van der Waals surface area (Å²) in [5.41, 5.74) is 0.656. The first kappa shape index (κ1) is 21.8. The molecule has 10 heteroatoms. The van der Waals surface area contributed by atoms with E-state index in [2.05, 4.69) is 5.32 Å². The number of carbonyl (C=O) groups excluding carboxylic acids is 2. The van der Waals surface area contributed by atoms with Crippen molar-refractivity contribution >= 4 is 50.5 Å². The summed E-state index contributed by atoms with van der Waals surface area (Å²) in [6.07, 6.45) is 1.18. The molecule has 29 heavy (non-hydrogen) atoms. The summed E-state index contributed by atoms with van der Waals surface area (Å²) in [7, 11) is -3.59. The molecule has 2 heterocycles. The number of sulfonamides is 1. The quantitative estimate of drug-likeness (QED) is 0.670. The third-order valence-electron chi connectivity index (χ3n) is 4.58. The van der Waals surface area contributed by atoms with E-state index >= 15 is 0 Å². The van der Waals surface area contributed by atoms with Crippen LogP contribution in [0.4, 0.5) is 5.69 Å². The third-order valence-corrected chi connectivity index (χ3v) is 8.13. The first-order valence-electron chi connectivity index (χ1n) is 9.14. The van der Waals surface area contributed by atoms with Gasteiger partial charge in [-0.05, 0) is 49.4 Å². The summed E-state index contributed by atoms with van der Waals surface area (Å²) in [5.74, 6) is -1.28. The predicted molar refractivity (Wildman–Crippen MR) is 112 cm³/mol. The maximum absolute atomic E-state index is 12.7. The second kappa shape index (κ2) is 9.25. The highest BCUT2D eigenvalue weighted by molar-refractivity contribution is 7.91. The lowest BCUT2D eigenvalue weighted by molar-refractivity contribution is -0.120. The number of piperidine rings is 1. The number of rotatable bonds is 6. The van der Waals surface area contributed by atoms with Crippen LogP contribution in [0, 0.1) is 5.92 Å². The molecule has 1 aromatic heterocycles. The molecule has 0 bridgehead atoms. The van der Waals surface area contributed by atoms with Crippen LogP contribution in [0.2, 0.25) is 5.02 Å². The molecule has 1 atom stereocenters. The second-order valence-corrected chi connectivity index (χ2v) is 10.1. The van der Waals surface area contributed by atoms with Gasteiger partial charge in [0.1, 0.15) is 4.21 Å². The van der Waals surface area contributed by atoms with Gasteiger partial charge in [-0.3, -0.25) is 4.79 Å². The Morgan fingerprint density at radius 2 is 2.14 bits per heavy atom. The van der Waals surface area contributed by atoms with E-state index in [1.165, 1.54) is 22.5 Å². The fourth-order valence-electron chi connectivity index (χ4n) is 3.10. The van der Waals surface area contributed by atoms with Crippen LogP contribution in [0.1, 0.15) is 30.1 Å². The van der Waals surface area contributed by atoms with E-state index in [0.717, 1.165) is 11.3 Å². The molecule has 1 N–H and O–H groups in total. The highest BCUT2D eigenvalue weighted by Gasteiger charge is 2.34. The number of halogens is 1. The van der Waals surface area contributed by atoms with Gasteiger partial charge < -0.3 is 10.1 Å². The predicted octanol–water partition coefficient (Wildman–Crippen LogP) is 3.62. The number of benzene rings is 1. The minimum atomic E-state index is -3.59. The van der Waals surface area contributed by atoms with E-state index in [9.17, 15) is 18.0 Å². The van der Waals surface area contributed by atoms with Crippen molar-refractivity contribution in [1.82, 2.24) is 4.31 Å². The Kier molecular flexibility index (Phi) is 6.94. The summed E-state index contributed by atoms with van der Waals surface area (Å²) in [6, 6.07) is 7.75. The van der Waals surface area contributed by atoms with Gasteiger partial charge in [0.05, 0.1) is 28.8 Å². The molecule has 3 rings (SSSR count). The number of ether oxygens (including phenoxy) is 1. The lowest BCUT2D eigenvalue weighted by atomic mass is 9.98. The first-order valence-corrected chi connectivity index (χ1v) is 11.8. The van der Waals surface area contributed by atoms with Gasteiger partial charge in [-0.1, -0.05) is 17.7 Å². The molecule has 7 nitrogen and oxygen atoms in total. The maximum atomic E-state index is 12.7. The Bertz CT molecular complexity index is 992. The lowest BCUT2D eigenvalue weighted by Crippen LogP contribution is -2.43. The minimum absolute atomic E-state index is 0.116. The number of hydrogen-bond acceptors (Lipinski definition) is 6. The summed E-state index contributed by atoms with van der Waals surface area (Å²) in [4.78, 5) is 24.5. The van der Waals surface area contributed by atoms with Crippen molar-refractivity contribution in [3.05, 3.63) is 46.3 Å². The molecular formula is C19H21ClN2O5S2. The number of anilines is 1. The molecule has 1 fully saturated rings. The van der Waals surface area contributed by atoms with Crippen molar-refractivity contribution in [3.8, 4) is 0 Å². The molecule has 0 saturated carbocycles. The average molecular weight is 457 g/mol. The zero-order valence-corrected chi connectivity index (χ0v) is 18.1. The van der Waals surface area contributed by atoms with E-state index in [-0.39, 0.29) is 28.3 Å². The fraction of sp³-hybridized carbons (Fsp3) is 0.368. The van der Waals surface area contributed by atoms with Gasteiger partial charge in [0, 0.05) is 13.1 Å². The monoisotopic (exact) mass is 456 g/mol. The SMILES string of the molecule is CCOC(=O)c1ccc(NC(=O)[C@H]2CCCN(S(=O)(=O)c3cccs3)C2)c(Cl)c1. The van der Waals surface area contributed by atoms with E-state index in [0.29, 0.717) is 30.6 Å². The molecule has 1 amide bonds. The Morgan fingerprint density at radius 1 is 1.34 bits per heavy atom. The van der Waals surface area contributed by atoms with Crippen LogP contribution >= 0.6 is 22.9 Å². The van der Waals surface area contributed by atoms with Gasteiger partial charge >= 0.3 is 5.97 Å². The molecule has 0 unspecified atom stereocenters. The van der Waals surface area contributed by atoms with Gasteiger partial charge in [-0.25, -0.2) is 13.2 Å². The van der Waals surface area contributed by atoms with Crippen LogP contribution in [-0.4, -0.2) is 44.3 Å². The van der Waals surface area contributed by atoms with Crippen molar-refractivity contribution in [3.63, 3.8) is 0 Å². The van der Waals surface area contributed by atoms with Crippen molar-refractivity contribution in [2.45, 2.75) is 24.0 Å². The van der Waals surface area contributed by atoms with Gasteiger partial charge in [0.2, 0.25) is 5.91 Å². The molecule has 1 aromatic carbocycles. The highest BCUT2D eigenvalue weighted by Crippen LogP contribution is 2.28. The summed E-state index contributed by atoms with van der Waals surface area (Å²) >= 11 is 7.36. The topological polar surface area (TPSA) is 92.8 Å².